The molecule has 2 amide bonds. The van der Waals surface area contributed by atoms with Crippen molar-refractivity contribution in [3.05, 3.63) is 87.8 Å². The maximum atomic E-state index is 12.3. The Labute approximate surface area is 199 Å². The zero-order valence-electron chi connectivity index (χ0n) is 16.9. The molecule has 0 spiro atoms. The Bertz CT molecular complexity index is 1260. The summed E-state index contributed by atoms with van der Waals surface area (Å²) >= 11 is 11.6. The smallest absolute Gasteiger partial charge is 0.329 e. The number of nitrogens with one attached hydrogen (secondary N) is 3. The average molecular weight is 509 g/mol. The van der Waals surface area contributed by atoms with Gasteiger partial charge in [-0.25, -0.2) is 18.6 Å². The van der Waals surface area contributed by atoms with Crippen molar-refractivity contribution in [3.8, 4) is 0 Å². The quantitative estimate of drug-likeness (QED) is 0.244. The molecule has 1 aromatic heterocycles. The molecule has 0 fully saturated rings. The second-order valence-electron chi connectivity index (χ2n) is 6.59. The van der Waals surface area contributed by atoms with Crippen LogP contribution in [0.5, 0.6) is 0 Å². The Morgan fingerprint density at radius 1 is 0.879 bits per heavy atom. The predicted octanol–water partition coefficient (Wildman–Crippen LogP) is 2.83. The van der Waals surface area contributed by atoms with E-state index in [0.29, 0.717) is 15.8 Å². The van der Waals surface area contributed by atoms with Crippen LogP contribution in [0.4, 0.5) is 0 Å². The maximum absolute atomic E-state index is 12.3. The van der Waals surface area contributed by atoms with Gasteiger partial charge in [0.1, 0.15) is 11.5 Å². The van der Waals surface area contributed by atoms with E-state index in [9.17, 15) is 18.0 Å². The largest absolute Gasteiger partial charge is 0.459 e. The van der Waals surface area contributed by atoms with E-state index < -0.39 is 21.8 Å². The summed E-state index contributed by atoms with van der Waals surface area (Å²) in [6, 6.07) is 15.6. The van der Waals surface area contributed by atoms with Gasteiger partial charge in [0.15, 0.2) is 0 Å². The molecule has 172 valence electrons. The lowest BCUT2D eigenvalue weighted by atomic mass is 10.2. The number of carbonyl (C=O) groups is 2. The molecular formula is C21H18Cl2N4O5S. The van der Waals surface area contributed by atoms with Crippen molar-refractivity contribution in [1.29, 1.82) is 0 Å². The molecule has 12 heteroatoms. The van der Waals surface area contributed by atoms with E-state index in [2.05, 4.69) is 20.6 Å². The molecule has 3 N–H and O–H groups in total. The maximum Gasteiger partial charge on any atom is 0.329 e. The average Bonchev–Trinajstić information content (AvgIpc) is 3.25. The highest BCUT2D eigenvalue weighted by molar-refractivity contribution is 7.89. The molecule has 2 aromatic carbocycles. The van der Waals surface area contributed by atoms with Gasteiger partial charge in [0.25, 0.3) is 0 Å². The van der Waals surface area contributed by atoms with Gasteiger partial charge in [0.2, 0.25) is 10.0 Å². The molecule has 33 heavy (non-hydrogen) atoms. The minimum Gasteiger partial charge on any atom is -0.459 e. The van der Waals surface area contributed by atoms with Crippen LogP contribution < -0.4 is 15.5 Å². The summed E-state index contributed by atoms with van der Waals surface area (Å²) in [5.41, 5.74) is 2.86. The first-order chi connectivity index (χ1) is 15.7. The summed E-state index contributed by atoms with van der Waals surface area (Å²) in [6.45, 7) is 0.0544. The van der Waals surface area contributed by atoms with Gasteiger partial charge in [-0.3, -0.25) is 9.59 Å². The number of furan rings is 1. The first-order valence-corrected chi connectivity index (χ1v) is 11.7. The van der Waals surface area contributed by atoms with Gasteiger partial charge in [-0.2, -0.15) is 5.10 Å². The zero-order valence-corrected chi connectivity index (χ0v) is 19.2. The molecule has 0 aliphatic heterocycles. The van der Waals surface area contributed by atoms with E-state index in [1.807, 2.05) is 0 Å². The van der Waals surface area contributed by atoms with Crippen LogP contribution in [0.1, 0.15) is 17.1 Å². The number of hydrogen-bond acceptors (Lipinski definition) is 6. The molecule has 1 heterocycles. The predicted molar refractivity (Wildman–Crippen MR) is 123 cm³/mol. The van der Waals surface area contributed by atoms with E-state index in [-0.39, 0.29) is 23.7 Å². The van der Waals surface area contributed by atoms with Crippen LogP contribution in [-0.2, 0) is 32.7 Å². The Hall–Kier alpha value is -3.18. The lowest BCUT2D eigenvalue weighted by molar-refractivity contribution is -0.139. The molecule has 3 aromatic rings. The molecule has 9 nitrogen and oxygen atoms in total. The normalized spacial score (nSPS) is 11.5. The lowest BCUT2D eigenvalue weighted by Crippen LogP contribution is -2.37. The van der Waals surface area contributed by atoms with Crippen LogP contribution >= 0.6 is 23.2 Å². The molecule has 0 radical (unpaired) electrons. The number of hydrazone groups is 1. The van der Waals surface area contributed by atoms with Crippen LogP contribution in [0.2, 0.25) is 10.0 Å². The molecule has 0 unspecified atom stereocenters. The van der Waals surface area contributed by atoms with Crippen LogP contribution in [0.15, 0.2) is 75.1 Å². The van der Waals surface area contributed by atoms with Gasteiger partial charge >= 0.3 is 11.8 Å². The number of nitrogens with zero attached hydrogens (tertiary/aromatic N) is 1. The third kappa shape index (κ3) is 7.43. The number of hydrogen-bond donors (Lipinski definition) is 3. The molecule has 0 aliphatic rings. The monoisotopic (exact) mass is 508 g/mol. The summed E-state index contributed by atoms with van der Waals surface area (Å²) in [7, 11) is -3.74. The Kier molecular flexibility index (Phi) is 8.23. The number of halogens is 2. The second-order valence-corrected chi connectivity index (χ2v) is 9.23. The standard InChI is InChI=1S/C21H18Cl2N4O5S/c22-15-3-1-14(2-4-15)11-24-20(28)21(29)27-25-12-17-7-8-18(32-17)13-26-33(30,31)19-9-5-16(23)6-10-19/h1-10,12,26H,11,13H2,(H,24,28)(H,27,29)/b25-12+. The van der Waals surface area contributed by atoms with Gasteiger partial charge < -0.3 is 9.73 Å². The van der Waals surface area contributed by atoms with Crippen molar-refractivity contribution in [2.75, 3.05) is 0 Å². The molecule has 0 aliphatic carbocycles. The molecular weight excluding hydrogens is 491 g/mol. The van der Waals surface area contributed by atoms with E-state index >= 15 is 0 Å². The molecule has 0 saturated heterocycles. The molecule has 0 saturated carbocycles. The van der Waals surface area contributed by atoms with Gasteiger partial charge in [0.05, 0.1) is 17.7 Å². The zero-order chi connectivity index (χ0) is 23.8. The third-order valence-corrected chi connectivity index (χ3v) is 6.09. The van der Waals surface area contributed by atoms with E-state index in [1.165, 1.54) is 36.5 Å². The highest BCUT2D eigenvalue weighted by Crippen LogP contribution is 2.15. The Balaban J connectivity index is 1.46. The number of rotatable bonds is 8. The minimum absolute atomic E-state index is 0.0669. The SMILES string of the molecule is O=C(NCc1ccc(Cl)cc1)C(=O)N/N=C/c1ccc(CNS(=O)(=O)c2ccc(Cl)cc2)o1. The molecule has 0 bridgehead atoms. The van der Waals surface area contributed by atoms with E-state index in [0.717, 1.165) is 5.56 Å². The number of sulfonamides is 1. The van der Waals surface area contributed by atoms with Gasteiger partial charge in [-0.1, -0.05) is 35.3 Å². The van der Waals surface area contributed by atoms with Crippen molar-refractivity contribution >= 4 is 51.3 Å². The summed E-state index contributed by atoms with van der Waals surface area (Å²) in [4.78, 5) is 23.7. The van der Waals surface area contributed by atoms with Crippen molar-refractivity contribution in [3.63, 3.8) is 0 Å². The Morgan fingerprint density at radius 2 is 1.52 bits per heavy atom. The van der Waals surface area contributed by atoms with Crippen molar-refractivity contribution in [1.82, 2.24) is 15.5 Å². The summed E-state index contributed by atoms with van der Waals surface area (Å²) in [5, 5.41) is 7.11. The summed E-state index contributed by atoms with van der Waals surface area (Å²) in [5.74, 6) is -1.25. The van der Waals surface area contributed by atoms with Crippen LogP contribution in [0.3, 0.4) is 0 Å². The topological polar surface area (TPSA) is 130 Å². The lowest BCUT2D eigenvalue weighted by Gasteiger charge is -2.05. The van der Waals surface area contributed by atoms with Gasteiger partial charge in [-0.05, 0) is 54.1 Å². The number of amides is 2. The number of carbonyl (C=O) groups excluding carboxylic acids is 2. The van der Waals surface area contributed by atoms with Crippen molar-refractivity contribution in [2.45, 2.75) is 18.0 Å². The second kappa shape index (κ2) is 11.1. The van der Waals surface area contributed by atoms with Crippen molar-refractivity contribution in [2.24, 2.45) is 5.10 Å². The fourth-order valence-electron chi connectivity index (χ4n) is 2.49. The Morgan fingerprint density at radius 3 is 2.18 bits per heavy atom. The fourth-order valence-corrected chi connectivity index (χ4v) is 3.74. The van der Waals surface area contributed by atoms with E-state index in [4.69, 9.17) is 27.6 Å². The third-order valence-electron chi connectivity index (χ3n) is 4.17. The van der Waals surface area contributed by atoms with Crippen LogP contribution in [0, 0.1) is 0 Å². The first kappa shape index (κ1) is 24.5. The summed E-state index contributed by atoms with van der Waals surface area (Å²) in [6.07, 6.45) is 1.18. The number of benzene rings is 2. The fraction of sp³-hybridized carbons (Fsp3) is 0.0952. The minimum atomic E-state index is -3.74. The van der Waals surface area contributed by atoms with Crippen LogP contribution in [-0.4, -0.2) is 26.4 Å². The highest BCUT2D eigenvalue weighted by atomic mass is 35.5. The van der Waals surface area contributed by atoms with E-state index in [1.54, 1.807) is 30.3 Å². The molecule has 3 rings (SSSR count). The van der Waals surface area contributed by atoms with Gasteiger partial charge in [-0.15, -0.1) is 0 Å². The van der Waals surface area contributed by atoms with Gasteiger partial charge in [0, 0.05) is 16.6 Å². The first-order valence-electron chi connectivity index (χ1n) is 9.42. The summed E-state index contributed by atoms with van der Waals surface area (Å²) < 4.78 is 32.4. The van der Waals surface area contributed by atoms with Crippen LogP contribution in [0.25, 0.3) is 0 Å². The van der Waals surface area contributed by atoms with Crippen molar-refractivity contribution < 1.29 is 22.4 Å². The highest BCUT2D eigenvalue weighted by Gasteiger charge is 2.15. The molecule has 0 atom stereocenters.